The van der Waals surface area contributed by atoms with Gasteiger partial charge in [-0.1, -0.05) is 23.7 Å². The highest BCUT2D eigenvalue weighted by molar-refractivity contribution is 6.30. The predicted octanol–water partition coefficient (Wildman–Crippen LogP) is 4.49. The van der Waals surface area contributed by atoms with Crippen molar-refractivity contribution in [3.8, 4) is 22.3 Å². The van der Waals surface area contributed by atoms with Gasteiger partial charge >= 0.3 is 0 Å². The fourth-order valence-electron chi connectivity index (χ4n) is 4.78. The van der Waals surface area contributed by atoms with Gasteiger partial charge in [-0.2, -0.15) is 5.10 Å². The summed E-state index contributed by atoms with van der Waals surface area (Å²) in [5, 5.41) is 7.14. The molecule has 1 aliphatic rings. The van der Waals surface area contributed by atoms with Crippen LogP contribution in [0.15, 0.2) is 61.1 Å². The van der Waals surface area contributed by atoms with Crippen LogP contribution in [-0.2, 0) is 7.05 Å². The number of anilines is 1. The second-order valence-corrected chi connectivity index (χ2v) is 9.74. The van der Waals surface area contributed by atoms with E-state index in [1.807, 2.05) is 31.3 Å². The Morgan fingerprint density at radius 2 is 1.84 bits per heavy atom. The van der Waals surface area contributed by atoms with E-state index >= 15 is 4.39 Å². The van der Waals surface area contributed by atoms with Crippen LogP contribution in [0.5, 0.6) is 0 Å². The van der Waals surface area contributed by atoms with Crippen molar-refractivity contribution in [1.82, 2.24) is 25.0 Å². The van der Waals surface area contributed by atoms with Crippen molar-refractivity contribution in [2.75, 3.05) is 25.9 Å². The normalized spacial score (nSPS) is 17.8. The van der Waals surface area contributed by atoms with Gasteiger partial charge in [-0.05, 0) is 48.5 Å². The Hall–Kier alpha value is -3.82. The van der Waals surface area contributed by atoms with E-state index in [0.717, 1.165) is 16.7 Å². The summed E-state index contributed by atoms with van der Waals surface area (Å²) in [6.07, 6.45) is 5.18. The number of aromatic nitrogens is 3. The smallest absolute Gasteiger partial charge is 0.254 e. The van der Waals surface area contributed by atoms with Crippen LogP contribution in [0.2, 0.25) is 5.02 Å². The van der Waals surface area contributed by atoms with Crippen molar-refractivity contribution in [3.05, 3.63) is 88.8 Å². The number of likely N-dealkylation sites (tertiary alicyclic amines) is 1. The van der Waals surface area contributed by atoms with Crippen LogP contribution in [-0.4, -0.2) is 51.8 Å². The number of hydrogen-bond donors (Lipinski definition) is 2. The lowest BCUT2D eigenvalue weighted by atomic mass is 9.94. The number of aryl methyl sites for hydroxylation is 1. The Kier molecular flexibility index (Phi) is 6.66. The molecule has 0 unspecified atom stereocenters. The number of carbonyl (C=O) groups is 1. The second kappa shape index (κ2) is 9.91. The Morgan fingerprint density at radius 3 is 2.54 bits per heavy atom. The fraction of sp³-hybridized carbons (Fsp3) is 0.222. The van der Waals surface area contributed by atoms with E-state index < -0.39 is 17.5 Å². The molecule has 0 bridgehead atoms. The number of carbonyl (C=O) groups excluding carboxylic acids is 1. The van der Waals surface area contributed by atoms with Crippen LogP contribution in [0.4, 0.5) is 14.6 Å². The number of nitrogens with two attached hydrogens (primary N) is 1. The number of rotatable bonds is 5. The monoisotopic (exact) mass is 522 g/mol. The van der Waals surface area contributed by atoms with Crippen LogP contribution < -0.4 is 11.1 Å². The number of nitrogens with one attached hydrogen (secondary N) is 1. The van der Waals surface area contributed by atoms with Crippen molar-refractivity contribution >= 4 is 23.3 Å². The van der Waals surface area contributed by atoms with E-state index in [1.54, 1.807) is 29.2 Å². The third-order valence-corrected chi connectivity index (χ3v) is 6.98. The van der Waals surface area contributed by atoms with Gasteiger partial charge in [0.15, 0.2) is 0 Å². The maximum absolute atomic E-state index is 15.2. The van der Waals surface area contributed by atoms with Crippen LogP contribution in [0.1, 0.15) is 21.8 Å². The van der Waals surface area contributed by atoms with Gasteiger partial charge in [0, 0.05) is 61.2 Å². The summed E-state index contributed by atoms with van der Waals surface area (Å²) in [6, 6.07) is 10.5. The third kappa shape index (κ3) is 5.05. The molecule has 1 amide bonds. The highest BCUT2D eigenvalue weighted by Gasteiger charge is 2.34. The molecule has 2 atom stereocenters. The fourth-order valence-corrected chi connectivity index (χ4v) is 4.89. The largest absolute Gasteiger partial charge is 0.383 e. The molecule has 3 N–H and O–H groups in total. The van der Waals surface area contributed by atoms with Gasteiger partial charge in [-0.15, -0.1) is 0 Å². The molecule has 0 radical (unpaired) electrons. The Labute approximate surface area is 217 Å². The first-order valence-corrected chi connectivity index (χ1v) is 12.1. The maximum atomic E-state index is 15.2. The quantitative estimate of drug-likeness (QED) is 0.403. The van der Waals surface area contributed by atoms with Crippen LogP contribution in [0.3, 0.4) is 0 Å². The van der Waals surface area contributed by atoms with Crippen LogP contribution >= 0.6 is 11.6 Å². The van der Waals surface area contributed by atoms with E-state index in [0.29, 0.717) is 24.2 Å². The molecule has 7 nitrogen and oxygen atoms in total. The first-order chi connectivity index (χ1) is 17.7. The molecule has 2 aromatic carbocycles. The number of nitrogen functional groups attached to an aromatic ring is 1. The molecule has 0 spiro atoms. The molecule has 4 aromatic rings. The highest BCUT2D eigenvalue weighted by Crippen LogP contribution is 2.32. The average molecular weight is 523 g/mol. The summed E-state index contributed by atoms with van der Waals surface area (Å²) >= 11 is 5.83. The first-order valence-electron chi connectivity index (χ1n) is 11.7. The highest BCUT2D eigenvalue weighted by atomic mass is 35.5. The molecule has 2 aromatic heterocycles. The summed E-state index contributed by atoms with van der Waals surface area (Å²) in [5.74, 6) is -1.65. The summed E-state index contributed by atoms with van der Waals surface area (Å²) in [7, 11) is 3.73. The summed E-state index contributed by atoms with van der Waals surface area (Å²) in [5.41, 5.74) is 9.42. The Bertz CT molecular complexity index is 1490. The zero-order chi connectivity index (χ0) is 26.3. The SMILES string of the molecule is CN1C[C@H](NC(=O)c2ccc(-c3cc(-c4cnn(C)c4)cnc3N)cc2F)[C@@H](c2ccc(Cl)c(F)c2)C1. The van der Waals surface area contributed by atoms with E-state index in [1.165, 1.54) is 24.3 Å². The lowest BCUT2D eigenvalue weighted by Gasteiger charge is -2.21. The van der Waals surface area contributed by atoms with E-state index in [9.17, 15) is 9.18 Å². The van der Waals surface area contributed by atoms with E-state index in [-0.39, 0.29) is 28.4 Å². The van der Waals surface area contributed by atoms with Crippen molar-refractivity contribution in [2.24, 2.45) is 7.05 Å². The molecule has 10 heteroatoms. The molecule has 1 saturated heterocycles. The summed E-state index contributed by atoms with van der Waals surface area (Å²) < 4.78 is 30.9. The number of halogens is 3. The Balaban J connectivity index is 1.38. The number of hydrogen-bond acceptors (Lipinski definition) is 5. The molecular formula is C27H25ClF2N6O. The number of benzene rings is 2. The van der Waals surface area contributed by atoms with Gasteiger partial charge in [0.1, 0.15) is 17.5 Å². The minimum absolute atomic E-state index is 0.0413. The molecule has 190 valence electrons. The minimum Gasteiger partial charge on any atom is -0.383 e. The molecule has 1 aliphatic heterocycles. The number of likely N-dealkylation sites (N-methyl/N-ethyl adjacent to an activating group) is 1. The van der Waals surface area contributed by atoms with Crippen molar-refractivity contribution in [2.45, 2.75) is 12.0 Å². The molecule has 1 fully saturated rings. The predicted molar refractivity (Wildman–Crippen MR) is 139 cm³/mol. The number of amides is 1. The average Bonchev–Trinajstić information content (AvgIpc) is 3.46. The number of nitrogens with zero attached hydrogens (tertiary/aromatic N) is 4. The van der Waals surface area contributed by atoms with Gasteiger partial charge < -0.3 is 16.0 Å². The molecular weight excluding hydrogens is 498 g/mol. The zero-order valence-corrected chi connectivity index (χ0v) is 21.0. The minimum atomic E-state index is -0.679. The third-order valence-electron chi connectivity index (χ3n) is 6.67. The second-order valence-electron chi connectivity index (χ2n) is 9.34. The van der Waals surface area contributed by atoms with E-state index in [4.69, 9.17) is 17.3 Å². The molecule has 3 heterocycles. The van der Waals surface area contributed by atoms with Gasteiger partial charge in [0.25, 0.3) is 5.91 Å². The zero-order valence-electron chi connectivity index (χ0n) is 20.3. The maximum Gasteiger partial charge on any atom is 0.254 e. The van der Waals surface area contributed by atoms with Gasteiger partial charge in [-0.25, -0.2) is 13.8 Å². The first kappa shape index (κ1) is 24.9. The lowest BCUT2D eigenvalue weighted by molar-refractivity contribution is 0.0931. The van der Waals surface area contributed by atoms with Crippen LogP contribution in [0, 0.1) is 11.6 Å². The standard InChI is InChI=1S/C27H25ClF2N6O/c1-35-13-21(16-4-6-22(28)24(30)9-16)25(14-35)34-27(37)19-5-3-15(8-23(19)29)20-7-17(10-32-26(20)31)18-11-33-36(2)12-18/h3-12,21,25H,13-14H2,1-2H3,(H2,31,32)(H,34,37)/t21-,25+/m1/s1. The summed E-state index contributed by atoms with van der Waals surface area (Å²) in [6.45, 7) is 1.16. The molecule has 0 saturated carbocycles. The van der Waals surface area contributed by atoms with Crippen molar-refractivity contribution < 1.29 is 13.6 Å². The van der Waals surface area contributed by atoms with E-state index in [2.05, 4.69) is 15.4 Å². The molecule has 37 heavy (non-hydrogen) atoms. The lowest BCUT2D eigenvalue weighted by Crippen LogP contribution is -2.40. The molecule has 5 rings (SSSR count). The van der Waals surface area contributed by atoms with Gasteiger partial charge in [0.2, 0.25) is 0 Å². The van der Waals surface area contributed by atoms with Crippen LogP contribution in [0.25, 0.3) is 22.3 Å². The van der Waals surface area contributed by atoms with Gasteiger partial charge in [0.05, 0.1) is 16.8 Å². The summed E-state index contributed by atoms with van der Waals surface area (Å²) in [4.78, 5) is 19.4. The topological polar surface area (TPSA) is 89.1 Å². The number of pyridine rings is 1. The van der Waals surface area contributed by atoms with Crippen molar-refractivity contribution in [3.63, 3.8) is 0 Å². The molecule has 0 aliphatic carbocycles. The van der Waals surface area contributed by atoms with Crippen molar-refractivity contribution in [1.29, 1.82) is 0 Å². The Morgan fingerprint density at radius 1 is 1.03 bits per heavy atom. The van der Waals surface area contributed by atoms with Gasteiger partial charge in [-0.3, -0.25) is 9.48 Å².